The largest absolute Gasteiger partial charge is 0.382 e. The van der Waals surface area contributed by atoms with E-state index in [0.29, 0.717) is 18.3 Å². The Kier molecular flexibility index (Phi) is 4.81. The fraction of sp³-hybridized carbons (Fsp3) is 0.375. The van der Waals surface area contributed by atoms with Gasteiger partial charge in [-0.25, -0.2) is 0 Å². The Morgan fingerprint density at radius 2 is 2.00 bits per heavy atom. The van der Waals surface area contributed by atoms with Crippen LogP contribution in [0.3, 0.4) is 0 Å². The number of likely N-dealkylation sites (tertiary alicyclic amines) is 1. The number of benzene rings is 1. The molecule has 0 unspecified atom stereocenters. The lowest BCUT2D eigenvalue weighted by atomic mass is 10.2. The van der Waals surface area contributed by atoms with E-state index in [4.69, 9.17) is 4.18 Å². The molecular weight excluding hydrogens is 318 g/mol. The first-order chi connectivity index (χ1) is 10.6. The van der Waals surface area contributed by atoms with Crippen molar-refractivity contribution >= 4 is 21.5 Å². The Hall–Kier alpha value is -1.37. The smallest absolute Gasteiger partial charge is 0.310 e. The molecule has 22 heavy (non-hydrogen) atoms. The molecule has 3 rings (SSSR count). The van der Waals surface area contributed by atoms with Gasteiger partial charge in [0.25, 0.3) is 0 Å². The van der Waals surface area contributed by atoms with Crippen LogP contribution in [0.5, 0.6) is 5.75 Å². The Labute approximate surface area is 135 Å². The molecule has 0 radical (unpaired) electrons. The third-order valence-electron chi connectivity index (χ3n) is 3.83. The van der Waals surface area contributed by atoms with E-state index in [1.807, 2.05) is 12.1 Å². The maximum absolute atomic E-state index is 12.1. The molecule has 1 saturated heterocycles. The molecule has 0 N–H and O–H groups in total. The van der Waals surface area contributed by atoms with Crippen molar-refractivity contribution in [2.24, 2.45) is 0 Å². The summed E-state index contributed by atoms with van der Waals surface area (Å²) >= 11 is 1.74. The third kappa shape index (κ3) is 3.88. The van der Waals surface area contributed by atoms with Crippen LogP contribution in [0.2, 0.25) is 0 Å². The van der Waals surface area contributed by atoms with Crippen molar-refractivity contribution in [2.75, 3.05) is 18.8 Å². The SMILES string of the molecule is O=S(=O)(CCN1CCC[C@@H]1c1cccs1)Oc1ccccc1. The van der Waals surface area contributed by atoms with E-state index in [1.54, 1.807) is 35.6 Å². The Bertz CT molecular complexity index is 683. The highest BCUT2D eigenvalue weighted by Gasteiger charge is 2.28. The zero-order chi connectivity index (χ0) is 15.4. The Morgan fingerprint density at radius 3 is 2.73 bits per heavy atom. The maximum atomic E-state index is 12.1. The molecule has 118 valence electrons. The summed E-state index contributed by atoms with van der Waals surface area (Å²) < 4.78 is 29.3. The van der Waals surface area contributed by atoms with Gasteiger partial charge in [0.1, 0.15) is 5.75 Å². The van der Waals surface area contributed by atoms with Gasteiger partial charge in [0.05, 0.1) is 5.75 Å². The molecule has 1 fully saturated rings. The third-order valence-corrected chi connectivity index (χ3v) is 5.93. The van der Waals surface area contributed by atoms with Crippen LogP contribution >= 0.6 is 11.3 Å². The van der Waals surface area contributed by atoms with Crippen LogP contribution in [-0.4, -0.2) is 32.2 Å². The summed E-state index contributed by atoms with van der Waals surface area (Å²) in [7, 11) is -3.55. The summed E-state index contributed by atoms with van der Waals surface area (Å²) in [5.74, 6) is 0.391. The molecule has 2 heterocycles. The Balaban J connectivity index is 1.59. The molecule has 6 heteroatoms. The molecule has 0 spiro atoms. The van der Waals surface area contributed by atoms with Crippen LogP contribution < -0.4 is 4.18 Å². The lowest BCUT2D eigenvalue weighted by Crippen LogP contribution is -2.30. The molecule has 4 nitrogen and oxygen atoms in total. The van der Waals surface area contributed by atoms with Crippen LogP contribution in [0.25, 0.3) is 0 Å². The van der Waals surface area contributed by atoms with Crippen molar-refractivity contribution < 1.29 is 12.6 Å². The summed E-state index contributed by atoms with van der Waals surface area (Å²) in [5, 5.41) is 2.07. The van der Waals surface area contributed by atoms with Crippen molar-refractivity contribution in [1.82, 2.24) is 4.90 Å². The van der Waals surface area contributed by atoms with Crippen molar-refractivity contribution in [2.45, 2.75) is 18.9 Å². The number of nitrogens with zero attached hydrogens (tertiary/aromatic N) is 1. The average Bonchev–Trinajstić information content (AvgIpc) is 3.17. The number of para-hydroxylation sites is 1. The van der Waals surface area contributed by atoms with Crippen molar-refractivity contribution in [3.05, 3.63) is 52.7 Å². The highest BCUT2D eigenvalue weighted by Crippen LogP contribution is 2.34. The number of rotatable bonds is 6. The minimum atomic E-state index is -3.55. The van der Waals surface area contributed by atoms with Crippen molar-refractivity contribution in [3.63, 3.8) is 0 Å². The van der Waals surface area contributed by atoms with Crippen LogP contribution in [-0.2, 0) is 10.1 Å². The van der Waals surface area contributed by atoms with E-state index in [9.17, 15) is 8.42 Å². The first kappa shape index (κ1) is 15.5. The van der Waals surface area contributed by atoms with Gasteiger partial charge in [-0.2, -0.15) is 8.42 Å². The molecule has 0 saturated carbocycles. The normalized spacial score (nSPS) is 19.4. The van der Waals surface area contributed by atoms with Gasteiger partial charge in [0, 0.05) is 17.5 Å². The molecule has 0 aliphatic carbocycles. The van der Waals surface area contributed by atoms with Gasteiger partial charge in [-0.1, -0.05) is 24.3 Å². The second kappa shape index (κ2) is 6.81. The highest BCUT2D eigenvalue weighted by molar-refractivity contribution is 7.87. The molecule has 1 aliphatic heterocycles. The minimum absolute atomic E-state index is 0.0176. The van der Waals surface area contributed by atoms with Gasteiger partial charge in [-0.3, -0.25) is 4.90 Å². The summed E-state index contributed by atoms with van der Waals surface area (Å²) in [6, 6.07) is 13.2. The summed E-state index contributed by atoms with van der Waals surface area (Å²) in [6.07, 6.45) is 2.21. The first-order valence-corrected chi connectivity index (χ1v) is 9.84. The summed E-state index contributed by atoms with van der Waals surface area (Å²) in [5.41, 5.74) is 0. The molecule has 1 atom stereocenters. The van der Waals surface area contributed by atoms with Gasteiger partial charge < -0.3 is 4.18 Å². The standard InChI is InChI=1S/C16H19NO3S2/c18-22(19,20-14-6-2-1-3-7-14)13-11-17-10-4-8-15(17)16-9-5-12-21-16/h1-3,5-7,9,12,15H,4,8,10-11,13H2/t15-/m1/s1. The number of hydrogen-bond acceptors (Lipinski definition) is 5. The van der Waals surface area contributed by atoms with Crippen LogP contribution in [0.4, 0.5) is 0 Å². The van der Waals surface area contributed by atoms with Crippen molar-refractivity contribution in [3.8, 4) is 5.75 Å². The second-order valence-corrected chi connectivity index (χ2v) is 8.04. The lowest BCUT2D eigenvalue weighted by molar-refractivity contribution is 0.274. The van der Waals surface area contributed by atoms with E-state index >= 15 is 0 Å². The molecule has 0 amide bonds. The van der Waals surface area contributed by atoms with E-state index in [-0.39, 0.29) is 5.75 Å². The molecule has 1 aromatic carbocycles. The van der Waals surface area contributed by atoms with Gasteiger partial charge in [-0.15, -0.1) is 11.3 Å². The van der Waals surface area contributed by atoms with Gasteiger partial charge in [0.15, 0.2) is 0 Å². The fourth-order valence-corrected chi connectivity index (χ4v) is 4.63. The van der Waals surface area contributed by atoms with Gasteiger partial charge >= 0.3 is 10.1 Å². The number of thiophene rings is 1. The number of hydrogen-bond donors (Lipinski definition) is 0. The first-order valence-electron chi connectivity index (χ1n) is 7.39. The predicted molar refractivity (Wildman–Crippen MR) is 88.7 cm³/mol. The van der Waals surface area contributed by atoms with Crippen LogP contribution in [0.1, 0.15) is 23.8 Å². The van der Waals surface area contributed by atoms with Gasteiger partial charge in [0.2, 0.25) is 0 Å². The van der Waals surface area contributed by atoms with E-state index in [0.717, 1.165) is 19.4 Å². The van der Waals surface area contributed by atoms with Crippen molar-refractivity contribution in [1.29, 1.82) is 0 Å². The topological polar surface area (TPSA) is 46.6 Å². The highest BCUT2D eigenvalue weighted by atomic mass is 32.2. The Morgan fingerprint density at radius 1 is 1.18 bits per heavy atom. The molecule has 1 aromatic heterocycles. The summed E-state index contributed by atoms with van der Waals surface area (Å²) in [4.78, 5) is 3.57. The molecule has 0 bridgehead atoms. The zero-order valence-electron chi connectivity index (χ0n) is 12.2. The molecule has 2 aromatic rings. The van der Waals surface area contributed by atoms with Crippen LogP contribution in [0.15, 0.2) is 47.8 Å². The second-order valence-electron chi connectivity index (χ2n) is 5.37. The zero-order valence-corrected chi connectivity index (χ0v) is 13.9. The van der Waals surface area contributed by atoms with E-state index in [1.165, 1.54) is 4.88 Å². The van der Waals surface area contributed by atoms with Crippen LogP contribution in [0, 0.1) is 0 Å². The summed E-state index contributed by atoms with van der Waals surface area (Å²) in [6.45, 7) is 1.46. The molecular formula is C16H19NO3S2. The quantitative estimate of drug-likeness (QED) is 0.759. The fourth-order valence-electron chi connectivity index (χ4n) is 2.79. The minimum Gasteiger partial charge on any atom is -0.382 e. The van der Waals surface area contributed by atoms with E-state index < -0.39 is 10.1 Å². The average molecular weight is 337 g/mol. The lowest BCUT2D eigenvalue weighted by Gasteiger charge is -2.23. The maximum Gasteiger partial charge on any atom is 0.310 e. The monoisotopic (exact) mass is 337 g/mol. The van der Waals surface area contributed by atoms with Gasteiger partial charge in [-0.05, 0) is 43.0 Å². The molecule has 1 aliphatic rings. The van der Waals surface area contributed by atoms with E-state index in [2.05, 4.69) is 16.3 Å². The predicted octanol–water partition coefficient (Wildman–Crippen LogP) is 3.29.